The van der Waals surface area contributed by atoms with E-state index in [0.717, 1.165) is 5.56 Å². The monoisotopic (exact) mass is 362 g/mol. The third kappa shape index (κ3) is 4.08. The maximum absolute atomic E-state index is 12.0. The summed E-state index contributed by atoms with van der Waals surface area (Å²) < 4.78 is 5.77. The van der Waals surface area contributed by atoms with Gasteiger partial charge in [-0.25, -0.2) is 0 Å². The first-order valence-corrected chi connectivity index (χ1v) is 8.57. The highest BCUT2D eigenvalue weighted by molar-refractivity contribution is 8.18. The molecular formula is C17H15ClN2O3S. The lowest BCUT2D eigenvalue weighted by atomic mass is 10.2. The second-order valence-electron chi connectivity index (χ2n) is 5.04. The smallest absolute Gasteiger partial charge is 0.264 e. The molecule has 3 rings (SSSR count). The Hall–Kier alpha value is -2.02. The van der Waals surface area contributed by atoms with E-state index in [0.29, 0.717) is 39.6 Å². The van der Waals surface area contributed by atoms with Gasteiger partial charge in [0.05, 0.1) is 4.91 Å². The number of aliphatic hydroxyl groups is 1. The Bertz CT molecular complexity index is 814. The number of rotatable bonds is 5. The number of amidine groups is 1. The average Bonchev–Trinajstić information content (AvgIpc) is 3.16. The summed E-state index contributed by atoms with van der Waals surface area (Å²) in [6.07, 6.45) is 2.25. The Morgan fingerprint density at radius 1 is 1.33 bits per heavy atom. The van der Waals surface area contributed by atoms with Gasteiger partial charge in [-0.1, -0.05) is 23.7 Å². The van der Waals surface area contributed by atoms with Crippen molar-refractivity contribution in [3.63, 3.8) is 0 Å². The minimum Gasteiger partial charge on any atom is -0.457 e. The summed E-state index contributed by atoms with van der Waals surface area (Å²) in [4.78, 5) is 16.7. The highest BCUT2D eigenvalue weighted by atomic mass is 35.5. The van der Waals surface area contributed by atoms with Crippen molar-refractivity contribution in [3.8, 4) is 11.3 Å². The van der Waals surface area contributed by atoms with Gasteiger partial charge in [0.1, 0.15) is 11.5 Å². The van der Waals surface area contributed by atoms with Crippen molar-refractivity contribution in [2.75, 3.05) is 13.2 Å². The largest absolute Gasteiger partial charge is 0.457 e. The number of hydrogen-bond donors (Lipinski definition) is 2. The molecule has 124 valence electrons. The third-order valence-electron chi connectivity index (χ3n) is 3.23. The Balaban J connectivity index is 1.75. The maximum atomic E-state index is 12.0. The van der Waals surface area contributed by atoms with E-state index in [1.807, 2.05) is 24.3 Å². The Kier molecular flexibility index (Phi) is 5.40. The Labute approximate surface area is 148 Å². The molecule has 1 aromatic carbocycles. The van der Waals surface area contributed by atoms with Crippen molar-refractivity contribution < 1.29 is 14.3 Å². The van der Waals surface area contributed by atoms with Crippen LogP contribution in [0.15, 0.2) is 50.7 Å². The van der Waals surface area contributed by atoms with Crippen LogP contribution in [0.5, 0.6) is 0 Å². The number of benzene rings is 1. The van der Waals surface area contributed by atoms with E-state index < -0.39 is 0 Å². The van der Waals surface area contributed by atoms with Gasteiger partial charge in [-0.2, -0.15) is 0 Å². The molecule has 1 aromatic heterocycles. The van der Waals surface area contributed by atoms with E-state index >= 15 is 0 Å². The van der Waals surface area contributed by atoms with Crippen LogP contribution in [0, 0.1) is 0 Å². The van der Waals surface area contributed by atoms with Crippen molar-refractivity contribution in [3.05, 3.63) is 52.1 Å². The number of nitrogens with one attached hydrogen (secondary N) is 1. The summed E-state index contributed by atoms with van der Waals surface area (Å²) in [5.74, 6) is 1.06. The fourth-order valence-electron chi connectivity index (χ4n) is 2.11. The van der Waals surface area contributed by atoms with Crippen LogP contribution >= 0.6 is 23.4 Å². The molecule has 2 aromatic rings. The molecule has 7 heteroatoms. The van der Waals surface area contributed by atoms with E-state index in [-0.39, 0.29) is 12.5 Å². The minimum absolute atomic E-state index is 0.0801. The number of furan rings is 1. The summed E-state index contributed by atoms with van der Waals surface area (Å²) in [5, 5.41) is 12.6. The zero-order chi connectivity index (χ0) is 16.9. The fourth-order valence-corrected chi connectivity index (χ4v) is 3.13. The number of thioether (sulfide) groups is 1. The van der Waals surface area contributed by atoms with E-state index in [1.54, 1.807) is 18.2 Å². The predicted molar refractivity (Wildman–Crippen MR) is 96.9 cm³/mol. The summed E-state index contributed by atoms with van der Waals surface area (Å²) in [7, 11) is 0. The van der Waals surface area contributed by atoms with Crippen LogP contribution in [0.1, 0.15) is 12.2 Å². The van der Waals surface area contributed by atoms with Gasteiger partial charge in [-0.05, 0) is 42.4 Å². The number of carbonyl (C=O) groups is 1. The standard InChI is InChI=1S/C17H15ClN2O3S/c18-12-4-1-3-11(9-12)14-6-5-13(23-14)10-15-16(22)20-17(24-15)19-7-2-8-21/h1,3-6,9-10,21H,2,7-8H2,(H,19,20,22)/b15-10-. The number of nitrogens with zero attached hydrogens (tertiary/aromatic N) is 1. The van der Waals surface area contributed by atoms with Crippen LogP contribution in [0.4, 0.5) is 0 Å². The number of carbonyl (C=O) groups excluding carboxylic acids is 1. The maximum Gasteiger partial charge on any atom is 0.264 e. The van der Waals surface area contributed by atoms with Gasteiger partial charge >= 0.3 is 0 Å². The highest BCUT2D eigenvalue weighted by Crippen LogP contribution is 2.29. The summed E-state index contributed by atoms with van der Waals surface area (Å²) in [6, 6.07) is 11.0. The SMILES string of the molecule is O=C1NC(=NCCCO)S/C1=C\c1ccc(-c2cccc(Cl)c2)o1. The second-order valence-corrected chi connectivity index (χ2v) is 6.51. The van der Waals surface area contributed by atoms with Crippen molar-refractivity contribution in [1.29, 1.82) is 0 Å². The zero-order valence-electron chi connectivity index (χ0n) is 12.7. The molecule has 1 aliphatic rings. The van der Waals surface area contributed by atoms with Gasteiger partial charge in [-0.3, -0.25) is 9.79 Å². The van der Waals surface area contributed by atoms with Gasteiger partial charge in [0.15, 0.2) is 5.17 Å². The van der Waals surface area contributed by atoms with Crippen LogP contribution in [0.2, 0.25) is 5.02 Å². The van der Waals surface area contributed by atoms with Crippen molar-refractivity contribution >= 4 is 40.5 Å². The topological polar surface area (TPSA) is 74.8 Å². The molecule has 1 amide bonds. The first-order valence-electron chi connectivity index (χ1n) is 7.38. The van der Waals surface area contributed by atoms with Crippen molar-refractivity contribution in [2.45, 2.75) is 6.42 Å². The molecule has 0 aliphatic carbocycles. The molecule has 1 saturated heterocycles. The van der Waals surface area contributed by atoms with E-state index in [2.05, 4.69) is 10.3 Å². The first-order chi connectivity index (χ1) is 11.7. The molecule has 2 N–H and O–H groups in total. The molecule has 1 fully saturated rings. The summed E-state index contributed by atoms with van der Waals surface area (Å²) in [5.41, 5.74) is 0.877. The second kappa shape index (κ2) is 7.70. The van der Waals surface area contributed by atoms with Crippen LogP contribution in [-0.4, -0.2) is 29.3 Å². The van der Waals surface area contributed by atoms with Gasteiger partial charge in [-0.15, -0.1) is 0 Å². The van der Waals surface area contributed by atoms with E-state index in [9.17, 15) is 4.79 Å². The lowest BCUT2D eigenvalue weighted by Gasteiger charge is -1.97. The minimum atomic E-state index is -0.205. The molecule has 0 spiro atoms. The molecule has 0 bridgehead atoms. The predicted octanol–water partition coefficient (Wildman–Crippen LogP) is 3.54. The van der Waals surface area contributed by atoms with Crippen LogP contribution in [0.3, 0.4) is 0 Å². The average molecular weight is 363 g/mol. The van der Waals surface area contributed by atoms with Gasteiger partial charge in [0.25, 0.3) is 5.91 Å². The quantitative estimate of drug-likeness (QED) is 0.630. The molecule has 1 aliphatic heterocycles. The van der Waals surface area contributed by atoms with Gasteiger partial charge < -0.3 is 14.8 Å². The number of amides is 1. The summed E-state index contributed by atoms with van der Waals surface area (Å²) in [6.45, 7) is 0.558. The zero-order valence-corrected chi connectivity index (χ0v) is 14.2. The van der Waals surface area contributed by atoms with Gasteiger partial charge in [0, 0.05) is 29.8 Å². The highest BCUT2D eigenvalue weighted by Gasteiger charge is 2.24. The third-order valence-corrected chi connectivity index (χ3v) is 4.41. The number of hydrogen-bond acceptors (Lipinski definition) is 5. The fraction of sp³-hybridized carbons (Fsp3) is 0.176. The van der Waals surface area contributed by atoms with Crippen LogP contribution in [-0.2, 0) is 4.79 Å². The van der Waals surface area contributed by atoms with Crippen LogP contribution in [0.25, 0.3) is 17.4 Å². The van der Waals surface area contributed by atoms with E-state index in [4.69, 9.17) is 21.1 Å². The van der Waals surface area contributed by atoms with Crippen molar-refractivity contribution in [1.82, 2.24) is 5.32 Å². The van der Waals surface area contributed by atoms with Crippen LogP contribution < -0.4 is 5.32 Å². The Morgan fingerprint density at radius 2 is 2.21 bits per heavy atom. The van der Waals surface area contributed by atoms with Crippen molar-refractivity contribution in [2.24, 2.45) is 4.99 Å². The molecule has 0 unspecified atom stereocenters. The molecule has 0 radical (unpaired) electrons. The molecule has 0 atom stereocenters. The lowest BCUT2D eigenvalue weighted by Crippen LogP contribution is -2.20. The molecule has 24 heavy (non-hydrogen) atoms. The molecular weight excluding hydrogens is 348 g/mol. The molecule has 2 heterocycles. The van der Waals surface area contributed by atoms with E-state index in [1.165, 1.54) is 11.8 Å². The Morgan fingerprint density at radius 3 is 3.00 bits per heavy atom. The first kappa shape index (κ1) is 16.8. The number of aliphatic hydroxyl groups excluding tert-OH is 1. The lowest BCUT2D eigenvalue weighted by molar-refractivity contribution is -0.115. The number of halogens is 1. The summed E-state index contributed by atoms with van der Waals surface area (Å²) >= 11 is 7.25. The normalized spacial score (nSPS) is 17.7. The molecule has 0 saturated carbocycles. The molecule has 5 nitrogen and oxygen atoms in total. The van der Waals surface area contributed by atoms with Gasteiger partial charge in [0.2, 0.25) is 0 Å². The number of aliphatic imine (C=N–C) groups is 1.